The molecular weight excluding hydrogens is 278 g/mol. The zero-order valence-corrected chi connectivity index (χ0v) is 10.3. The van der Waals surface area contributed by atoms with Gasteiger partial charge in [0.25, 0.3) is 0 Å². The molecule has 0 unspecified atom stereocenters. The molecule has 0 radical (unpaired) electrons. The Morgan fingerprint density at radius 2 is 2.27 bits per heavy atom. The molecule has 2 N–H and O–H groups in total. The summed E-state index contributed by atoms with van der Waals surface area (Å²) in [5.41, 5.74) is 6.37. The van der Waals surface area contributed by atoms with E-state index in [2.05, 4.69) is 15.9 Å². The number of hydrogen-bond acceptors (Lipinski definition) is 3. The highest BCUT2D eigenvalue weighted by atomic mass is 79.9. The third-order valence-electron chi connectivity index (χ3n) is 2.11. The summed E-state index contributed by atoms with van der Waals surface area (Å²) >= 11 is 8.33. The second kappa shape index (κ2) is 4.47. The summed E-state index contributed by atoms with van der Waals surface area (Å²) in [5, 5.41) is 0. The third kappa shape index (κ3) is 2.48. The zero-order valence-electron chi connectivity index (χ0n) is 7.90. The van der Waals surface area contributed by atoms with Crippen molar-refractivity contribution >= 4 is 33.1 Å². The van der Waals surface area contributed by atoms with Crippen molar-refractivity contribution < 1.29 is 9.47 Å². The minimum Gasteiger partial charge on any atom is -0.485 e. The molecule has 0 amide bonds. The zero-order chi connectivity index (χ0) is 10.8. The maximum atomic E-state index is 5.70. The molecule has 1 aliphatic heterocycles. The van der Waals surface area contributed by atoms with Crippen LogP contribution in [0.4, 0.5) is 0 Å². The Labute approximate surface area is 102 Å². The molecular formula is C10H10BrNO2S. The van der Waals surface area contributed by atoms with E-state index in [1.54, 1.807) is 0 Å². The van der Waals surface area contributed by atoms with Gasteiger partial charge in [-0.3, -0.25) is 0 Å². The van der Waals surface area contributed by atoms with Crippen molar-refractivity contribution in [2.45, 2.75) is 6.10 Å². The van der Waals surface area contributed by atoms with Crippen molar-refractivity contribution in [1.29, 1.82) is 0 Å². The number of thiocarbonyl (C=S) groups is 1. The molecule has 5 heteroatoms. The van der Waals surface area contributed by atoms with Gasteiger partial charge in [0.05, 0.1) is 18.8 Å². The average molecular weight is 288 g/mol. The number of rotatable bonds is 3. The lowest BCUT2D eigenvalue weighted by Gasteiger charge is -2.27. The molecule has 1 heterocycles. The molecule has 1 aromatic rings. The normalized spacial score (nSPS) is 15.8. The average Bonchev–Trinajstić information content (AvgIpc) is 2.11. The first-order valence-electron chi connectivity index (χ1n) is 4.50. The van der Waals surface area contributed by atoms with Gasteiger partial charge in [-0.2, -0.15) is 0 Å². The first-order chi connectivity index (χ1) is 7.16. The van der Waals surface area contributed by atoms with Crippen LogP contribution in [0.25, 0.3) is 0 Å². The van der Waals surface area contributed by atoms with E-state index in [4.69, 9.17) is 27.4 Å². The molecule has 80 valence electrons. The summed E-state index contributed by atoms with van der Waals surface area (Å²) in [6, 6.07) is 5.60. The van der Waals surface area contributed by atoms with Crippen molar-refractivity contribution in [2.75, 3.05) is 13.2 Å². The number of ether oxygens (including phenoxy) is 2. The van der Waals surface area contributed by atoms with Gasteiger partial charge < -0.3 is 15.2 Å². The fourth-order valence-electron chi connectivity index (χ4n) is 1.26. The van der Waals surface area contributed by atoms with E-state index in [1.807, 2.05) is 18.2 Å². The van der Waals surface area contributed by atoms with Gasteiger partial charge in [-0.1, -0.05) is 28.1 Å². The van der Waals surface area contributed by atoms with Gasteiger partial charge in [0.2, 0.25) is 0 Å². The summed E-state index contributed by atoms with van der Waals surface area (Å²) in [4.78, 5) is 0.345. The lowest BCUT2D eigenvalue weighted by molar-refractivity contribution is -0.0797. The van der Waals surface area contributed by atoms with Crippen LogP contribution in [0.5, 0.6) is 5.75 Å². The van der Waals surface area contributed by atoms with E-state index >= 15 is 0 Å². The van der Waals surface area contributed by atoms with Crippen molar-refractivity contribution in [3.63, 3.8) is 0 Å². The molecule has 0 saturated carbocycles. The largest absolute Gasteiger partial charge is 0.485 e. The number of nitrogens with two attached hydrogens (primary N) is 1. The molecule has 15 heavy (non-hydrogen) atoms. The highest BCUT2D eigenvalue weighted by Crippen LogP contribution is 2.25. The molecule has 1 fully saturated rings. The van der Waals surface area contributed by atoms with Gasteiger partial charge in [-0.05, 0) is 18.2 Å². The van der Waals surface area contributed by atoms with Crippen LogP contribution >= 0.6 is 28.1 Å². The molecule has 1 aliphatic rings. The summed E-state index contributed by atoms with van der Waals surface area (Å²) in [6.45, 7) is 1.26. The smallest absolute Gasteiger partial charge is 0.145 e. The predicted molar refractivity (Wildman–Crippen MR) is 65.3 cm³/mol. The number of halogens is 1. The first-order valence-corrected chi connectivity index (χ1v) is 5.70. The van der Waals surface area contributed by atoms with Gasteiger partial charge in [-0.25, -0.2) is 0 Å². The van der Waals surface area contributed by atoms with E-state index in [0.29, 0.717) is 24.0 Å². The fourth-order valence-corrected chi connectivity index (χ4v) is 1.77. The van der Waals surface area contributed by atoms with Crippen molar-refractivity contribution in [3.8, 4) is 5.75 Å². The molecule has 0 spiro atoms. The fraction of sp³-hybridized carbons (Fsp3) is 0.300. The van der Waals surface area contributed by atoms with Crippen molar-refractivity contribution in [3.05, 3.63) is 28.2 Å². The third-order valence-corrected chi connectivity index (χ3v) is 2.82. The van der Waals surface area contributed by atoms with Crippen molar-refractivity contribution in [2.24, 2.45) is 5.73 Å². The van der Waals surface area contributed by atoms with Gasteiger partial charge in [-0.15, -0.1) is 0 Å². The lowest BCUT2D eigenvalue weighted by Crippen LogP contribution is -2.39. The molecule has 0 bridgehead atoms. The Bertz CT molecular complexity index is 393. The molecule has 1 saturated heterocycles. The highest BCUT2D eigenvalue weighted by molar-refractivity contribution is 9.10. The van der Waals surface area contributed by atoms with Crippen LogP contribution in [-0.2, 0) is 4.74 Å². The van der Waals surface area contributed by atoms with Crippen LogP contribution in [0, 0.1) is 0 Å². The highest BCUT2D eigenvalue weighted by Gasteiger charge is 2.21. The molecule has 2 rings (SSSR count). The molecule has 0 aliphatic carbocycles. The van der Waals surface area contributed by atoms with Crippen LogP contribution in [0.3, 0.4) is 0 Å². The Balaban J connectivity index is 2.24. The number of benzene rings is 1. The van der Waals surface area contributed by atoms with E-state index in [0.717, 1.165) is 10.0 Å². The SMILES string of the molecule is NC(=S)c1ccc(Br)cc1OC1COC1. The predicted octanol–water partition coefficient (Wildman–Crippen LogP) is 1.86. The quantitative estimate of drug-likeness (QED) is 0.862. The second-order valence-corrected chi connectivity index (χ2v) is 4.64. The van der Waals surface area contributed by atoms with Gasteiger partial charge in [0, 0.05) is 4.47 Å². The van der Waals surface area contributed by atoms with Gasteiger partial charge >= 0.3 is 0 Å². The molecule has 1 aromatic carbocycles. The van der Waals surface area contributed by atoms with E-state index in [9.17, 15) is 0 Å². The summed E-state index contributed by atoms with van der Waals surface area (Å²) < 4.78 is 11.7. The summed E-state index contributed by atoms with van der Waals surface area (Å²) in [7, 11) is 0. The molecule has 3 nitrogen and oxygen atoms in total. The topological polar surface area (TPSA) is 44.5 Å². The molecule has 0 aromatic heterocycles. The summed E-state index contributed by atoms with van der Waals surface area (Å²) in [6.07, 6.45) is 0.118. The standard InChI is InChI=1S/C10H10BrNO2S/c11-6-1-2-8(10(12)15)9(3-6)14-7-4-13-5-7/h1-3,7H,4-5H2,(H2,12,15). The minimum absolute atomic E-state index is 0.118. The monoisotopic (exact) mass is 287 g/mol. The van der Waals surface area contributed by atoms with Gasteiger partial charge in [0.15, 0.2) is 0 Å². The van der Waals surface area contributed by atoms with Crippen LogP contribution in [0.15, 0.2) is 22.7 Å². The Kier molecular flexibility index (Phi) is 3.23. The second-order valence-electron chi connectivity index (χ2n) is 3.28. The van der Waals surface area contributed by atoms with Gasteiger partial charge in [0.1, 0.15) is 16.8 Å². The Morgan fingerprint density at radius 1 is 1.53 bits per heavy atom. The van der Waals surface area contributed by atoms with Crippen LogP contribution in [0.1, 0.15) is 5.56 Å². The minimum atomic E-state index is 0.118. The maximum Gasteiger partial charge on any atom is 0.145 e. The Hall–Kier alpha value is -0.650. The van der Waals surface area contributed by atoms with Crippen LogP contribution in [-0.4, -0.2) is 24.3 Å². The Morgan fingerprint density at radius 3 is 2.80 bits per heavy atom. The van der Waals surface area contributed by atoms with Crippen LogP contribution < -0.4 is 10.5 Å². The van der Waals surface area contributed by atoms with E-state index in [-0.39, 0.29) is 6.10 Å². The van der Waals surface area contributed by atoms with E-state index in [1.165, 1.54) is 0 Å². The van der Waals surface area contributed by atoms with Crippen molar-refractivity contribution in [1.82, 2.24) is 0 Å². The molecule has 0 atom stereocenters. The summed E-state index contributed by atoms with van der Waals surface area (Å²) in [5.74, 6) is 0.713. The number of hydrogen-bond donors (Lipinski definition) is 1. The maximum absolute atomic E-state index is 5.70. The lowest BCUT2D eigenvalue weighted by atomic mass is 10.2. The first kappa shape index (κ1) is 10.9. The van der Waals surface area contributed by atoms with E-state index < -0.39 is 0 Å². The van der Waals surface area contributed by atoms with Crippen LogP contribution in [0.2, 0.25) is 0 Å².